The van der Waals surface area contributed by atoms with Crippen molar-refractivity contribution in [2.24, 2.45) is 0 Å². The molecule has 6 heteroatoms. The zero-order valence-corrected chi connectivity index (χ0v) is 11.3. The van der Waals surface area contributed by atoms with Gasteiger partial charge in [-0.3, -0.25) is 0 Å². The van der Waals surface area contributed by atoms with Crippen molar-refractivity contribution in [3.05, 3.63) is 51.5 Å². The van der Waals surface area contributed by atoms with E-state index in [0.29, 0.717) is 0 Å². The van der Waals surface area contributed by atoms with Crippen LogP contribution < -0.4 is 5.32 Å². The summed E-state index contributed by atoms with van der Waals surface area (Å²) < 4.78 is 37.5. The lowest BCUT2D eigenvalue weighted by molar-refractivity contribution is -0.137. The van der Waals surface area contributed by atoms with Gasteiger partial charge in [0.25, 0.3) is 0 Å². The van der Waals surface area contributed by atoms with Crippen LogP contribution in [-0.2, 0) is 6.18 Å². The van der Waals surface area contributed by atoms with E-state index >= 15 is 0 Å². The number of alkyl halides is 3. The Morgan fingerprint density at radius 2 is 1.84 bits per heavy atom. The fourth-order valence-corrected chi connectivity index (χ4v) is 2.77. The van der Waals surface area contributed by atoms with E-state index in [1.807, 2.05) is 6.92 Å². The van der Waals surface area contributed by atoms with Gasteiger partial charge in [-0.1, -0.05) is 12.1 Å². The number of nitrogens with one attached hydrogen (secondary N) is 1. The summed E-state index contributed by atoms with van der Waals surface area (Å²) in [6.07, 6.45) is -2.55. The second-order valence-electron chi connectivity index (χ2n) is 4.12. The van der Waals surface area contributed by atoms with Crippen molar-refractivity contribution in [1.29, 1.82) is 0 Å². The molecule has 0 aliphatic rings. The third-order valence-electron chi connectivity index (χ3n) is 2.78. The Balaban J connectivity index is 2.30. The van der Waals surface area contributed by atoms with E-state index in [1.165, 1.54) is 23.5 Å². The molecule has 0 fully saturated rings. The molecule has 0 amide bonds. The van der Waals surface area contributed by atoms with E-state index in [0.717, 1.165) is 27.6 Å². The zero-order chi connectivity index (χ0) is 14.0. The van der Waals surface area contributed by atoms with Crippen LogP contribution in [0.2, 0.25) is 0 Å². The first-order valence-electron chi connectivity index (χ1n) is 5.68. The lowest BCUT2D eigenvalue weighted by atomic mass is 10.0. The highest BCUT2D eigenvalue weighted by molar-refractivity contribution is 7.11. The summed E-state index contributed by atoms with van der Waals surface area (Å²) in [6, 6.07) is 5.08. The number of hydrogen-bond acceptors (Lipinski definition) is 3. The molecule has 1 unspecified atom stereocenters. The van der Waals surface area contributed by atoms with Gasteiger partial charge in [0.1, 0.15) is 0 Å². The third kappa shape index (κ3) is 3.13. The Kier molecular flexibility index (Phi) is 3.91. The smallest absolute Gasteiger partial charge is 0.309 e. The molecule has 0 aliphatic carbocycles. The van der Waals surface area contributed by atoms with Crippen LogP contribution >= 0.6 is 11.3 Å². The summed E-state index contributed by atoms with van der Waals surface area (Å²) in [6.45, 7) is 1.90. The predicted octanol–water partition coefficient (Wildman–Crippen LogP) is 3.78. The van der Waals surface area contributed by atoms with Crippen molar-refractivity contribution in [2.45, 2.75) is 19.1 Å². The number of aryl methyl sites for hydroxylation is 1. The Morgan fingerprint density at radius 3 is 2.26 bits per heavy atom. The molecule has 1 atom stereocenters. The fraction of sp³-hybridized carbons (Fsp3) is 0.308. The average Bonchev–Trinajstić information content (AvgIpc) is 2.76. The van der Waals surface area contributed by atoms with Crippen molar-refractivity contribution in [1.82, 2.24) is 10.3 Å². The minimum absolute atomic E-state index is 0.131. The van der Waals surface area contributed by atoms with Gasteiger partial charge in [0.2, 0.25) is 0 Å². The van der Waals surface area contributed by atoms with Crippen LogP contribution in [0.4, 0.5) is 13.2 Å². The molecule has 0 saturated heterocycles. The van der Waals surface area contributed by atoms with Crippen LogP contribution in [0.25, 0.3) is 0 Å². The molecule has 0 radical (unpaired) electrons. The maximum absolute atomic E-state index is 12.5. The van der Waals surface area contributed by atoms with E-state index in [9.17, 15) is 13.2 Å². The molecular formula is C13H13F3N2S. The van der Waals surface area contributed by atoms with Gasteiger partial charge < -0.3 is 5.32 Å². The van der Waals surface area contributed by atoms with Gasteiger partial charge in [-0.05, 0) is 31.7 Å². The number of halogens is 3. The van der Waals surface area contributed by atoms with Crippen LogP contribution in [-0.4, -0.2) is 12.0 Å². The number of nitrogens with zero attached hydrogens (tertiary/aromatic N) is 1. The van der Waals surface area contributed by atoms with Crippen molar-refractivity contribution in [3.63, 3.8) is 0 Å². The molecule has 19 heavy (non-hydrogen) atoms. The first kappa shape index (κ1) is 14.0. The molecule has 1 aromatic carbocycles. The summed E-state index contributed by atoms with van der Waals surface area (Å²) in [7, 11) is 1.78. The molecule has 2 rings (SSSR count). The first-order chi connectivity index (χ1) is 8.91. The second kappa shape index (κ2) is 5.30. The maximum Gasteiger partial charge on any atom is 0.416 e. The van der Waals surface area contributed by atoms with Crippen molar-refractivity contribution in [2.75, 3.05) is 7.05 Å². The average molecular weight is 286 g/mol. The van der Waals surface area contributed by atoms with Gasteiger partial charge in [-0.2, -0.15) is 13.2 Å². The van der Waals surface area contributed by atoms with Gasteiger partial charge in [0.05, 0.1) is 16.6 Å². The quantitative estimate of drug-likeness (QED) is 0.929. The molecule has 1 heterocycles. The summed E-state index contributed by atoms with van der Waals surface area (Å²) in [5.74, 6) is 0. The predicted molar refractivity (Wildman–Crippen MR) is 69.2 cm³/mol. The monoisotopic (exact) mass is 286 g/mol. The lowest BCUT2D eigenvalue weighted by Gasteiger charge is -2.15. The number of thiazole rings is 1. The van der Waals surface area contributed by atoms with Crippen molar-refractivity contribution in [3.8, 4) is 0 Å². The summed E-state index contributed by atoms with van der Waals surface area (Å²) >= 11 is 1.53. The lowest BCUT2D eigenvalue weighted by Crippen LogP contribution is -2.16. The summed E-state index contributed by atoms with van der Waals surface area (Å²) in [4.78, 5) is 5.15. The minimum atomic E-state index is -4.30. The second-order valence-corrected chi connectivity index (χ2v) is 5.39. The molecule has 0 saturated carbocycles. The van der Waals surface area contributed by atoms with Gasteiger partial charge in [-0.25, -0.2) is 4.98 Å². The molecule has 0 aliphatic heterocycles. The molecule has 102 valence electrons. The van der Waals surface area contributed by atoms with Crippen LogP contribution in [0, 0.1) is 6.92 Å². The number of aromatic nitrogens is 1. The van der Waals surface area contributed by atoms with Crippen molar-refractivity contribution >= 4 is 11.3 Å². The number of hydrogen-bond donors (Lipinski definition) is 1. The first-order valence-corrected chi connectivity index (χ1v) is 6.50. The van der Waals surface area contributed by atoms with Gasteiger partial charge in [0, 0.05) is 11.1 Å². The van der Waals surface area contributed by atoms with E-state index in [-0.39, 0.29) is 6.04 Å². The van der Waals surface area contributed by atoms with Crippen LogP contribution in [0.3, 0.4) is 0 Å². The minimum Gasteiger partial charge on any atom is -0.309 e. The largest absolute Gasteiger partial charge is 0.416 e. The highest BCUT2D eigenvalue weighted by atomic mass is 32.1. The Bertz CT molecular complexity index is 546. The third-order valence-corrected chi connectivity index (χ3v) is 3.76. The zero-order valence-electron chi connectivity index (χ0n) is 10.5. The molecule has 2 aromatic rings. The van der Waals surface area contributed by atoms with E-state index in [1.54, 1.807) is 13.2 Å². The van der Waals surface area contributed by atoms with Gasteiger partial charge >= 0.3 is 6.18 Å². The fourth-order valence-electron chi connectivity index (χ4n) is 1.85. The summed E-state index contributed by atoms with van der Waals surface area (Å²) in [5, 5.41) is 4.03. The standard InChI is InChI=1S/C13H13F3N2S/c1-8-18-7-11(19-8)12(17-2)9-3-5-10(6-4-9)13(14,15)16/h3-7,12,17H,1-2H3. The molecule has 2 nitrogen and oxygen atoms in total. The SMILES string of the molecule is CNC(c1ccc(C(F)(F)F)cc1)c1cnc(C)s1. The van der Waals surface area contributed by atoms with Gasteiger partial charge in [-0.15, -0.1) is 11.3 Å². The molecule has 1 aromatic heterocycles. The topological polar surface area (TPSA) is 24.9 Å². The highest BCUT2D eigenvalue weighted by Gasteiger charge is 2.30. The Morgan fingerprint density at radius 1 is 1.21 bits per heavy atom. The van der Waals surface area contributed by atoms with Crippen LogP contribution in [0.5, 0.6) is 0 Å². The van der Waals surface area contributed by atoms with Crippen LogP contribution in [0.1, 0.15) is 27.1 Å². The molecule has 0 spiro atoms. The summed E-state index contributed by atoms with van der Waals surface area (Å²) in [5.41, 5.74) is 0.158. The van der Waals surface area contributed by atoms with E-state index in [4.69, 9.17) is 0 Å². The molecule has 0 bridgehead atoms. The van der Waals surface area contributed by atoms with Gasteiger partial charge in [0.15, 0.2) is 0 Å². The number of benzene rings is 1. The van der Waals surface area contributed by atoms with Crippen molar-refractivity contribution < 1.29 is 13.2 Å². The van der Waals surface area contributed by atoms with E-state index < -0.39 is 11.7 Å². The maximum atomic E-state index is 12.5. The van der Waals surface area contributed by atoms with Crippen LogP contribution in [0.15, 0.2) is 30.5 Å². The Hall–Kier alpha value is -1.40. The Labute approximate surface area is 113 Å². The number of rotatable bonds is 3. The molecular weight excluding hydrogens is 273 g/mol. The highest BCUT2D eigenvalue weighted by Crippen LogP contribution is 2.32. The normalized spacial score (nSPS) is 13.5. The molecule has 1 N–H and O–H groups in total. The van der Waals surface area contributed by atoms with E-state index in [2.05, 4.69) is 10.3 Å².